The number of nitrogens with zero attached hydrogens (tertiary/aromatic N) is 2. The Hall–Kier alpha value is -2.54. The molecule has 0 fully saturated rings. The first-order chi connectivity index (χ1) is 11.4. The number of carbonyl (C=O) groups is 2. The van der Waals surface area contributed by atoms with Crippen molar-refractivity contribution >= 4 is 34.9 Å². The minimum Gasteiger partial charge on any atom is -0.350 e. The van der Waals surface area contributed by atoms with Gasteiger partial charge >= 0.3 is 6.03 Å². The van der Waals surface area contributed by atoms with Crippen LogP contribution >= 0.6 is 11.6 Å². The van der Waals surface area contributed by atoms with E-state index in [1.807, 2.05) is 13.8 Å². The molecule has 0 aliphatic heterocycles. The maximum absolute atomic E-state index is 12.3. The third-order valence-electron chi connectivity index (χ3n) is 3.18. The second-order valence-electron chi connectivity index (χ2n) is 5.72. The number of aryl methyl sites for hydroxylation is 1. The van der Waals surface area contributed by atoms with E-state index in [4.69, 9.17) is 11.6 Å². The van der Waals surface area contributed by atoms with Gasteiger partial charge in [0.2, 0.25) is 0 Å². The van der Waals surface area contributed by atoms with E-state index in [0.29, 0.717) is 34.6 Å². The summed E-state index contributed by atoms with van der Waals surface area (Å²) in [6.07, 6.45) is 1.44. The Kier molecular flexibility index (Phi) is 5.81. The van der Waals surface area contributed by atoms with Crippen molar-refractivity contribution in [3.63, 3.8) is 0 Å². The number of hydrogen-bond donors (Lipinski definition) is 3. The summed E-state index contributed by atoms with van der Waals surface area (Å²) in [7, 11) is 1.65. The number of carbonyl (C=O) groups excluding carboxylic acids is 2. The van der Waals surface area contributed by atoms with Crippen LogP contribution in [0.1, 0.15) is 24.3 Å². The molecule has 1 heterocycles. The van der Waals surface area contributed by atoms with Crippen molar-refractivity contribution in [1.82, 2.24) is 15.1 Å². The van der Waals surface area contributed by atoms with Gasteiger partial charge in [-0.05, 0) is 30.2 Å². The van der Waals surface area contributed by atoms with Crippen molar-refractivity contribution in [1.29, 1.82) is 0 Å². The highest BCUT2D eigenvalue weighted by Gasteiger charge is 2.18. The Bertz CT molecular complexity index is 725. The van der Waals surface area contributed by atoms with Gasteiger partial charge in [-0.1, -0.05) is 25.4 Å². The Morgan fingerprint density at radius 3 is 2.50 bits per heavy atom. The van der Waals surface area contributed by atoms with Crippen LogP contribution in [0, 0.1) is 5.92 Å². The average molecular weight is 350 g/mol. The first-order valence-corrected chi connectivity index (χ1v) is 7.88. The lowest BCUT2D eigenvalue weighted by Crippen LogP contribution is -2.30. The van der Waals surface area contributed by atoms with Crippen LogP contribution in [0.3, 0.4) is 0 Å². The van der Waals surface area contributed by atoms with Gasteiger partial charge < -0.3 is 16.0 Å². The molecule has 0 aliphatic rings. The lowest BCUT2D eigenvalue weighted by molar-refractivity contribution is 0.0940. The fourth-order valence-corrected chi connectivity index (χ4v) is 2.12. The molecule has 0 aliphatic carbocycles. The number of rotatable bonds is 5. The monoisotopic (exact) mass is 349 g/mol. The number of hydrogen-bond acceptors (Lipinski definition) is 3. The first kappa shape index (κ1) is 17.8. The molecule has 0 spiro atoms. The summed E-state index contributed by atoms with van der Waals surface area (Å²) in [4.78, 5) is 24.4. The molecule has 3 N–H and O–H groups in total. The summed E-state index contributed by atoms with van der Waals surface area (Å²) in [5, 5.41) is 12.7. The smallest absolute Gasteiger partial charge is 0.323 e. The van der Waals surface area contributed by atoms with Crippen molar-refractivity contribution in [2.24, 2.45) is 13.0 Å². The van der Waals surface area contributed by atoms with Crippen molar-refractivity contribution in [2.75, 3.05) is 17.2 Å². The number of anilines is 2. The molecule has 8 heteroatoms. The van der Waals surface area contributed by atoms with Crippen LogP contribution in [0.4, 0.5) is 16.2 Å². The number of amides is 3. The number of urea groups is 1. The van der Waals surface area contributed by atoms with Gasteiger partial charge in [0.05, 0.1) is 11.9 Å². The molecule has 1 aromatic carbocycles. The van der Waals surface area contributed by atoms with Crippen LogP contribution in [0.2, 0.25) is 5.02 Å². The Morgan fingerprint density at radius 2 is 1.88 bits per heavy atom. The number of nitrogens with one attached hydrogen (secondary N) is 3. The summed E-state index contributed by atoms with van der Waals surface area (Å²) < 4.78 is 1.42. The molecule has 0 saturated heterocycles. The van der Waals surface area contributed by atoms with Gasteiger partial charge in [-0.2, -0.15) is 5.10 Å². The van der Waals surface area contributed by atoms with Gasteiger partial charge in [0, 0.05) is 24.3 Å². The third-order valence-corrected chi connectivity index (χ3v) is 3.43. The summed E-state index contributed by atoms with van der Waals surface area (Å²) in [5.41, 5.74) is 1.22. The van der Waals surface area contributed by atoms with E-state index in [9.17, 15) is 9.59 Å². The molecule has 7 nitrogen and oxygen atoms in total. The zero-order valence-corrected chi connectivity index (χ0v) is 14.5. The first-order valence-electron chi connectivity index (χ1n) is 7.50. The highest BCUT2D eigenvalue weighted by atomic mass is 35.5. The van der Waals surface area contributed by atoms with E-state index in [1.54, 1.807) is 31.3 Å². The molecule has 2 rings (SSSR count). The van der Waals surface area contributed by atoms with Gasteiger partial charge in [0.1, 0.15) is 5.69 Å². The van der Waals surface area contributed by atoms with E-state index in [1.165, 1.54) is 10.9 Å². The van der Waals surface area contributed by atoms with Crippen molar-refractivity contribution < 1.29 is 9.59 Å². The Balaban J connectivity index is 2.05. The van der Waals surface area contributed by atoms with Crippen molar-refractivity contribution in [3.8, 4) is 0 Å². The van der Waals surface area contributed by atoms with Crippen LogP contribution in [0.15, 0.2) is 30.5 Å². The maximum Gasteiger partial charge on any atom is 0.323 e. The van der Waals surface area contributed by atoms with Crippen LogP contribution in [-0.2, 0) is 7.05 Å². The normalized spacial score (nSPS) is 10.5. The van der Waals surface area contributed by atoms with Gasteiger partial charge in [-0.25, -0.2) is 4.79 Å². The second kappa shape index (κ2) is 7.83. The van der Waals surface area contributed by atoms with Gasteiger partial charge in [-0.3, -0.25) is 9.48 Å². The van der Waals surface area contributed by atoms with Crippen molar-refractivity contribution in [3.05, 3.63) is 41.2 Å². The maximum atomic E-state index is 12.3. The van der Waals surface area contributed by atoms with Gasteiger partial charge in [0.15, 0.2) is 0 Å². The number of benzene rings is 1. The quantitative estimate of drug-likeness (QED) is 0.775. The zero-order valence-electron chi connectivity index (χ0n) is 13.8. The molecular formula is C16H20ClN5O2. The lowest BCUT2D eigenvalue weighted by Gasteiger charge is -2.11. The summed E-state index contributed by atoms with van der Waals surface area (Å²) in [6, 6.07) is 6.24. The molecule has 1 aromatic heterocycles. The number of halogens is 1. The van der Waals surface area contributed by atoms with E-state index in [2.05, 4.69) is 21.0 Å². The largest absolute Gasteiger partial charge is 0.350 e. The van der Waals surface area contributed by atoms with Crippen molar-refractivity contribution in [2.45, 2.75) is 13.8 Å². The minimum absolute atomic E-state index is 0.287. The van der Waals surface area contributed by atoms with Crippen LogP contribution in [0.25, 0.3) is 0 Å². The molecule has 0 atom stereocenters. The summed E-state index contributed by atoms with van der Waals surface area (Å²) in [6.45, 7) is 4.55. The van der Waals surface area contributed by atoms with E-state index in [-0.39, 0.29) is 5.91 Å². The topological polar surface area (TPSA) is 88.1 Å². The Morgan fingerprint density at radius 1 is 1.21 bits per heavy atom. The lowest BCUT2D eigenvalue weighted by atomic mass is 10.2. The van der Waals surface area contributed by atoms with Gasteiger partial charge in [0.25, 0.3) is 5.91 Å². The van der Waals surface area contributed by atoms with Crippen LogP contribution in [0.5, 0.6) is 0 Å². The number of aromatic nitrogens is 2. The molecule has 0 radical (unpaired) electrons. The zero-order chi connectivity index (χ0) is 17.7. The molecule has 128 valence electrons. The van der Waals surface area contributed by atoms with Crippen LogP contribution in [-0.4, -0.2) is 28.3 Å². The predicted molar refractivity (Wildman–Crippen MR) is 94.5 cm³/mol. The SMILES string of the molecule is CC(C)CNC(=O)c1c(NC(=O)Nc2ccc(Cl)cc2)cnn1C. The van der Waals surface area contributed by atoms with Gasteiger partial charge in [-0.15, -0.1) is 0 Å². The average Bonchev–Trinajstić information content (AvgIpc) is 2.87. The molecule has 0 bridgehead atoms. The Labute approximate surface area is 145 Å². The van der Waals surface area contributed by atoms with E-state index in [0.717, 1.165) is 0 Å². The van der Waals surface area contributed by atoms with E-state index < -0.39 is 6.03 Å². The fourth-order valence-electron chi connectivity index (χ4n) is 2.00. The summed E-state index contributed by atoms with van der Waals surface area (Å²) in [5.74, 6) is 0.0392. The molecule has 0 saturated carbocycles. The molecule has 2 aromatic rings. The van der Waals surface area contributed by atoms with Crippen LogP contribution < -0.4 is 16.0 Å². The molecular weight excluding hydrogens is 330 g/mol. The highest BCUT2D eigenvalue weighted by Crippen LogP contribution is 2.16. The molecule has 0 unspecified atom stereocenters. The predicted octanol–water partition coefficient (Wildman–Crippen LogP) is 3.10. The standard InChI is InChI=1S/C16H20ClN5O2/c1-10(2)8-18-15(23)14-13(9-19-22(14)3)21-16(24)20-12-6-4-11(17)5-7-12/h4-7,9-10H,8H2,1-3H3,(H,18,23)(H2,20,21,24). The molecule has 24 heavy (non-hydrogen) atoms. The second-order valence-corrected chi connectivity index (χ2v) is 6.16. The van der Waals surface area contributed by atoms with E-state index >= 15 is 0 Å². The minimum atomic E-state index is -0.469. The molecule has 3 amide bonds. The third kappa shape index (κ3) is 4.73. The fraction of sp³-hybridized carbons (Fsp3) is 0.312. The highest BCUT2D eigenvalue weighted by molar-refractivity contribution is 6.30. The summed E-state index contributed by atoms with van der Waals surface area (Å²) >= 11 is 5.80.